The smallest absolute Gasteiger partial charge is 0.303 e. The Kier molecular flexibility index (Phi) is 4.40. The van der Waals surface area contributed by atoms with Crippen molar-refractivity contribution in [3.05, 3.63) is 11.6 Å². The first-order chi connectivity index (χ1) is 12.7. The summed E-state index contributed by atoms with van der Waals surface area (Å²) in [5.41, 5.74) is 0.167. The van der Waals surface area contributed by atoms with Crippen molar-refractivity contribution < 1.29 is 19.1 Å². The average molecular weight is 373 g/mol. The molecule has 148 valence electrons. The molecule has 3 fully saturated rings. The lowest BCUT2D eigenvalue weighted by atomic mass is 9.49. The largest absolute Gasteiger partial charge is 0.451 e. The molecule has 4 aliphatic rings. The molecule has 0 aliphatic heterocycles. The molecule has 0 aromatic rings. The van der Waals surface area contributed by atoms with Gasteiger partial charge in [-0.1, -0.05) is 19.4 Å². The summed E-state index contributed by atoms with van der Waals surface area (Å²) in [5.74, 6) is 2.51. The first kappa shape index (κ1) is 18.9. The summed E-state index contributed by atoms with van der Waals surface area (Å²) in [4.78, 5) is 36.6. The molecule has 4 heteroatoms. The van der Waals surface area contributed by atoms with Crippen LogP contribution in [0.5, 0.6) is 0 Å². The second-order valence-electron chi connectivity index (χ2n) is 9.80. The molecule has 0 aromatic carbocycles. The minimum atomic E-state index is -0.948. The van der Waals surface area contributed by atoms with Gasteiger partial charge in [0.25, 0.3) is 0 Å². The first-order valence-corrected chi connectivity index (χ1v) is 10.6. The molecule has 4 aliphatic carbocycles. The number of rotatable bonds is 2. The first-order valence-electron chi connectivity index (χ1n) is 10.6. The molecule has 0 bridgehead atoms. The van der Waals surface area contributed by atoms with Crippen LogP contribution in [-0.2, 0) is 19.1 Å². The lowest BCUT2D eigenvalue weighted by molar-refractivity contribution is -0.186. The number of carbonyl (C=O) groups is 3. The van der Waals surface area contributed by atoms with E-state index in [1.54, 1.807) is 6.92 Å². The number of hydrogen-bond donors (Lipinski definition) is 0. The van der Waals surface area contributed by atoms with Crippen LogP contribution in [0.1, 0.15) is 72.6 Å². The fraction of sp³-hybridized carbons (Fsp3) is 0.783. The van der Waals surface area contributed by atoms with Crippen LogP contribution in [0, 0.1) is 35.0 Å². The molecule has 0 heterocycles. The number of carbonyl (C=O) groups excluding carboxylic acids is 3. The Hall–Kier alpha value is -1.45. The summed E-state index contributed by atoms with van der Waals surface area (Å²) >= 11 is 0. The van der Waals surface area contributed by atoms with Crippen molar-refractivity contribution >= 4 is 17.5 Å². The van der Waals surface area contributed by atoms with E-state index in [1.165, 1.54) is 12.5 Å². The van der Waals surface area contributed by atoms with Gasteiger partial charge in [-0.15, -0.1) is 0 Å². The summed E-state index contributed by atoms with van der Waals surface area (Å²) in [6.45, 7) is 7.48. The molecule has 0 aromatic heterocycles. The summed E-state index contributed by atoms with van der Waals surface area (Å²) in [6, 6.07) is 0. The molecular weight excluding hydrogens is 340 g/mol. The van der Waals surface area contributed by atoms with Gasteiger partial charge in [0.2, 0.25) is 0 Å². The van der Waals surface area contributed by atoms with E-state index in [4.69, 9.17) is 4.74 Å². The summed E-state index contributed by atoms with van der Waals surface area (Å²) < 4.78 is 5.82. The van der Waals surface area contributed by atoms with Crippen LogP contribution in [0.3, 0.4) is 0 Å². The number of esters is 1. The zero-order chi connectivity index (χ0) is 19.6. The minimum absolute atomic E-state index is 0.00820. The van der Waals surface area contributed by atoms with E-state index in [0.717, 1.165) is 32.1 Å². The van der Waals surface area contributed by atoms with Crippen molar-refractivity contribution in [2.45, 2.75) is 78.2 Å². The van der Waals surface area contributed by atoms with Crippen molar-refractivity contribution in [3.8, 4) is 0 Å². The van der Waals surface area contributed by atoms with Gasteiger partial charge in [0.15, 0.2) is 17.2 Å². The van der Waals surface area contributed by atoms with Crippen molar-refractivity contribution in [2.75, 3.05) is 0 Å². The maximum Gasteiger partial charge on any atom is 0.303 e. The quantitative estimate of drug-likeness (QED) is 0.679. The Labute approximate surface area is 162 Å². The summed E-state index contributed by atoms with van der Waals surface area (Å²) in [6.07, 6.45) is 8.31. The summed E-state index contributed by atoms with van der Waals surface area (Å²) in [7, 11) is 0. The Morgan fingerprint density at radius 3 is 2.52 bits per heavy atom. The molecule has 7 atom stereocenters. The number of ether oxygens (including phenoxy) is 1. The molecule has 27 heavy (non-hydrogen) atoms. The van der Waals surface area contributed by atoms with Crippen LogP contribution in [0.15, 0.2) is 11.6 Å². The van der Waals surface area contributed by atoms with Crippen molar-refractivity contribution in [1.29, 1.82) is 0 Å². The Balaban J connectivity index is 1.69. The molecule has 4 rings (SSSR count). The fourth-order valence-electron chi connectivity index (χ4n) is 7.56. The maximum atomic E-state index is 12.7. The van der Waals surface area contributed by atoms with Crippen LogP contribution < -0.4 is 0 Å². The standard InChI is InChI=1S/C23H32O4/c1-13-11-20-18(17-6-5-16(26)12-19(13)17)7-9-22(4)21(20)8-10-23(22,14(2)24)27-15(3)25/h12-13,17-18,20-21H,5-11H2,1-4H3/t13-,17-,18+,20+,21-,22-,23-/m0/s1. The van der Waals surface area contributed by atoms with E-state index in [2.05, 4.69) is 13.8 Å². The molecule has 0 N–H and O–H groups in total. The van der Waals surface area contributed by atoms with E-state index in [1.807, 2.05) is 6.08 Å². The molecule has 3 saturated carbocycles. The highest BCUT2D eigenvalue weighted by atomic mass is 16.6. The van der Waals surface area contributed by atoms with Crippen molar-refractivity contribution in [1.82, 2.24) is 0 Å². The van der Waals surface area contributed by atoms with Crippen LogP contribution in [0.4, 0.5) is 0 Å². The molecule has 0 spiro atoms. The highest BCUT2D eigenvalue weighted by molar-refractivity contribution is 5.91. The van der Waals surface area contributed by atoms with E-state index in [-0.39, 0.29) is 17.2 Å². The molecule has 0 radical (unpaired) electrons. The summed E-state index contributed by atoms with van der Waals surface area (Å²) in [5, 5.41) is 0. The van der Waals surface area contributed by atoms with Gasteiger partial charge in [0.05, 0.1) is 0 Å². The highest BCUT2D eigenvalue weighted by Crippen LogP contribution is 2.66. The molecule has 0 unspecified atom stereocenters. The van der Waals surface area contributed by atoms with Gasteiger partial charge in [-0.05, 0) is 81.1 Å². The fourth-order valence-corrected chi connectivity index (χ4v) is 7.56. The zero-order valence-electron chi connectivity index (χ0n) is 17.0. The molecule has 0 saturated heterocycles. The van der Waals surface area contributed by atoms with E-state index >= 15 is 0 Å². The SMILES string of the molecule is CC(=O)O[C@]1(C(C)=O)CC[C@H]2[C@@H]3C[C@H](C)C4=CC(=O)CC[C@H]4[C@H]3CC[C@@]21C. The van der Waals surface area contributed by atoms with Crippen molar-refractivity contribution in [3.63, 3.8) is 0 Å². The predicted octanol–water partition coefficient (Wildman–Crippen LogP) is 4.27. The number of hydrogen-bond acceptors (Lipinski definition) is 4. The lowest BCUT2D eigenvalue weighted by Gasteiger charge is -2.56. The number of allylic oxidation sites excluding steroid dienone is 1. The monoisotopic (exact) mass is 372 g/mol. The number of ketones is 2. The highest BCUT2D eigenvalue weighted by Gasteiger charge is 2.67. The van der Waals surface area contributed by atoms with Crippen LogP contribution in [-0.4, -0.2) is 23.1 Å². The second kappa shape index (κ2) is 6.28. The van der Waals surface area contributed by atoms with Crippen molar-refractivity contribution in [2.24, 2.45) is 35.0 Å². The van der Waals surface area contributed by atoms with Gasteiger partial charge in [0, 0.05) is 18.8 Å². The average Bonchev–Trinajstić information content (AvgIpc) is 2.89. The van der Waals surface area contributed by atoms with Gasteiger partial charge in [-0.3, -0.25) is 14.4 Å². The maximum absolute atomic E-state index is 12.7. The van der Waals surface area contributed by atoms with E-state index < -0.39 is 5.60 Å². The topological polar surface area (TPSA) is 60.4 Å². The Morgan fingerprint density at radius 2 is 1.85 bits per heavy atom. The van der Waals surface area contributed by atoms with Crippen LogP contribution in [0.25, 0.3) is 0 Å². The third kappa shape index (κ3) is 2.58. The Morgan fingerprint density at radius 1 is 1.11 bits per heavy atom. The van der Waals surface area contributed by atoms with Gasteiger partial charge in [-0.2, -0.15) is 0 Å². The van der Waals surface area contributed by atoms with Gasteiger partial charge < -0.3 is 4.74 Å². The van der Waals surface area contributed by atoms with Crippen LogP contribution >= 0.6 is 0 Å². The van der Waals surface area contributed by atoms with Crippen LogP contribution in [0.2, 0.25) is 0 Å². The van der Waals surface area contributed by atoms with Gasteiger partial charge >= 0.3 is 5.97 Å². The minimum Gasteiger partial charge on any atom is -0.451 e. The van der Waals surface area contributed by atoms with E-state index in [0.29, 0.717) is 48.2 Å². The second-order valence-corrected chi connectivity index (χ2v) is 9.80. The zero-order valence-corrected chi connectivity index (χ0v) is 17.0. The molecule has 0 amide bonds. The van der Waals surface area contributed by atoms with Gasteiger partial charge in [-0.25, -0.2) is 0 Å². The third-order valence-electron chi connectivity index (χ3n) is 8.67. The van der Waals surface area contributed by atoms with E-state index in [9.17, 15) is 14.4 Å². The lowest BCUT2D eigenvalue weighted by Crippen LogP contribution is -2.57. The predicted molar refractivity (Wildman–Crippen MR) is 102 cm³/mol. The van der Waals surface area contributed by atoms with Gasteiger partial charge in [0.1, 0.15) is 0 Å². The normalized spacial score (nSPS) is 46.0. The number of fused-ring (bicyclic) bond motifs is 5. The molecule has 4 nitrogen and oxygen atoms in total. The molecular formula is C23H32O4. The number of Topliss-reactive ketones (excluding diaryl/α,β-unsaturated/α-hetero) is 1. The Bertz CT molecular complexity index is 722. The third-order valence-corrected chi connectivity index (χ3v) is 8.67.